The van der Waals surface area contributed by atoms with E-state index in [9.17, 15) is 0 Å². The third kappa shape index (κ3) is 4.83. The van der Waals surface area contributed by atoms with E-state index in [0.29, 0.717) is 11.0 Å². The van der Waals surface area contributed by atoms with Gasteiger partial charge in [-0.25, -0.2) is 4.98 Å². The number of hydrogen-bond donors (Lipinski definition) is 1. The summed E-state index contributed by atoms with van der Waals surface area (Å²) in [6.45, 7) is 8.82. The summed E-state index contributed by atoms with van der Waals surface area (Å²) in [4.78, 5) is 4.19. The van der Waals surface area contributed by atoms with E-state index < -0.39 is 0 Å². The Hall–Kier alpha value is -0.510. The van der Waals surface area contributed by atoms with E-state index in [4.69, 9.17) is 16.3 Å². The minimum Gasteiger partial charge on any atom is -0.474 e. The number of nitrogens with zero attached hydrogens (tertiary/aromatic N) is 1. The maximum atomic E-state index is 5.97. The summed E-state index contributed by atoms with van der Waals surface area (Å²) >= 11 is 5.87. The van der Waals surface area contributed by atoms with Crippen LogP contribution >= 0.6 is 24.0 Å². The average Bonchev–Trinajstić information content (AvgIpc) is 2.11. The largest absolute Gasteiger partial charge is 0.474 e. The highest BCUT2D eigenvalue weighted by atomic mass is 35.5. The number of pyridine rings is 1. The van der Waals surface area contributed by atoms with Crippen LogP contribution in [0.15, 0.2) is 18.2 Å². The smallest absolute Gasteiger partial charge is 0.214 e. The lowest BCUT2D eigenvalue weighted by Crippen LogP contribution is -2.60. The molecule has 5 heteroatoms. The quantitative estimate of drug-likeness (QED) is 0.843. The van der Waals surface area contributed by atoms with Crippen LogP contribution in [-0.4, -0.2) is 22.2 Å². The van der Waals surface area contributed by atoms with E-state index in [1.165, 1.54) is 0 Å². The number of ether oxygens (including phenoxy) is 1. The van der Waals surface area contributed by atoms with Crippen LogP contribution < -0.4 is 10.1 Å². The molecule has 0 aromatic carbocycles. The first-order chi connectivity index (χ1) is 8.26. The molecule has 1 aliphatic rings. The molecule has 0 bridgehead atoms. The summed E-state index contributed by atoms with van der Waals surface area (Å²) < 4.78 is 5.97. The van der Waals surface area contributed by atoms with Crippen molar-refractivity contribution in [3.8, 4) is 5.88 Å². The predicted molar refractivity (Wildman–Crippen MR) is 81.4 cm³/mol. The van der Waals surface area contributed by atoms with Gasteiger partial charge in [0.15, 0.2) is 0 Å². The zero-order valence-corrected chi connectivity index (χ0v) is 13.4. The maximum absolute atomic E-state index is 5.97. The topological polar surface area (TPSA) is 34.1 Å². The summed E-state index contributed by atoms with van der Waals surface area (Å²) in [6, 6.07) is 5.47. The molecule has 108 valence electrons. The fourth-order valence-electron chi connectivity index (χ4n) is 2.94. The Morgan fingerprint density at radius 2 is 1.79 bits per heavy atom. The summed E-state index contributed by atoms with van der Waals surface area (Å²) in [7, 11) is 0. The molecule has 0 unspecified atom stereocenters. The first kappa shape index (κ1) is 16.5. The van der Waals surface area contributed by atoms with Crippen LogP contribution in [0.3, 0.4) is 0 Å². The van der Waals surface area contributed by atoms with Crippen LogP contribution in [0, 0.1) is 0 Å². The molecule has 2 rings (SSSR count). The molecule has 0 amide bonds. The van der Waals surface area contributed by atoms with Crippen LogP contribution in [0.1, 0.15) is 40.5 Å². The molecule has 0 radical (unpaired) electrons. The highest BCUT2D eigenvalue weighted by Crippen LogP contribution is 2.31. The van der Waals surface area contributed by atoms with Crippen molar-refractivity contribution in [1.29, 1.82) is 0 Å². The zero-order valence-electron chi connectivity index (χ0n) is 11.9. The first-order valence-corrected chi connectivity index (χ1v) is 6.72. The van der Waals surface area contributed by atoms with Gasteiger partial charge in [-0.05, 0) is 33.8 Å². The van der Waals surface area contributed by atoms with Crippen LogP contribution in [0.25, 0.3) is 0 Å². The fraction of sp³-hybridized carbons (Fsp3) is 0.643. The molecule has 0 spiro atoms. The molecule has 3 nitrogen and oxygen atoms in total. The Bertz CT molecular complexity index is 419. The van der Waals surface area contributed by atoms with E-state index in [2.05, 4.69) is 38.0 Å². The summed E-state index contributed by atoms with van der Waals surface area (Å²) in [5, 5.41) is 4.10. The standard InChI is InChI=1S/C14H21ClN2O.ClH/c1-13(2)8-10(9-14(3,4)17-13)18-12-7-5-6-11(15)16-12;/h5-7,10,17H,8-9H2,1-4H3;1H. The van der Waals surface area contributed by atoms with Crippen molar-refractivity contribution in [3.63, 3.8) is 0 Å². The molecule has 1 aromatic rings. The molecule has 19 heavy (non-hydrogen) atoms. The number of halogens is 2. The summed E-state index contributed by atoms with van der Waals surface area (Å²) in [5.41, 5.74) is 0.149. The Kier molecular flexibility index (Phi) is 5.10. The third-order valence-corrected chi connectivity index (χ3v) is 3.34. The SMILES string of the molecule is CC1(C)CC(Oc2cccc(Cl)n2)CC(C)(C)N1.Cl. The Labute approximate surface area is 126 Å². The number of rotatable bonds is 2. The number of aromatic nitrogens is 1. The number of hydrogen-bond acceptors (Lipinski definition) is 3. The molecular weight excluding hydrogens is 283 g/mol. The second-order valence-electron chi connectivity index (χ2n) is 6.34. The molecule has 0 saturated carbocycles. The van der Waals surface area contributed by atoms with Crippen molar-refractivity contribution in [2.75, 3.05) is 0 Å². The van der Waals surface area contributed by atoms with Gasteiger partial charge in [-0.15, -0.1) is 12.4 Å². The van der Waals surface area contributed by atoms with Crippen LogP contribution in [-0.2, 0) is 0 Å². The van der Waals surface area contributed by atoms with Crippen molar-refractivity contribution in [2.45, 2.75) is 57.7 Å². The van der Waals surface area contributed by atoms with Gasteiger partial charge in [-0.1, -0.05) is 17.7 Å². The number of nitrogens with one attached hydrogen (secondary N) is 1. The second-order valence-corrected chi connectivity index (χ2v) is 6.73. The normalized spacial score (nSPS) is 21.5. The Morgan fingerprint density at radius 3 is 2.32 bits per heavy atom. The van der Waals surface area contributed by atoms with Crippen molar-refractivity contribution >= 4 is 24.0 Å². The molecule has 1 aliphatic heterocycles. The summed E-state index contributed by atoms with van der Waals surface area (Å²) in [6.07, 6.45) is 2.09. The van der Waals surface area contributed by atoms with Crippen molar-refractivity contribution in [3.05, 3.63) is 23.4 Å². The van der Waals surface area contributed by atoms with E-state index in [0.717, 1.165) is 12.8 Å². The van der Waals surface area contributed by atoms with Gasteiger partial charge in [0.05, 0.1) is 0 Å². The zero-order chi connectivity index (χ0) is 13.4. The van der Waals surface area contributed by atoms with Crippen molar-refractivity contribution in [1.82, 2.24) is 10.3 Å². The molecule has 1 aromatic heterocycles. The van der Waals surface area contributed by atoms with Crippen LogP contribution in [0.4, 0.5) is 0 Å². The fourth-order valence-corrected chi connectivity index (χ4v) is 3.09. The molecule has 1 saturated heterocycles. The van der Waals surface area contributed by atoms with Gasteiger partial charge >= 0.3 is 0 Å². The average molecular weight is 305 g/mol. The molecular formula is C14H22Cl2N2O. The Morgan fingerprint density at radius 1 is 1.21 bits per heavy atom. The lowest BCUT2D eigenvalue weighted by atomic mass is 9.81. The van der Waals surface area contributed by atoms with E-state index in [1.54, 1.807) is 6.07 Å². The van der Waals surface area contributed by atoms with E-state index in [-0.39, 0.29) is 29.6 Å². The monoisotopic (exact) mass is 304 g/mol. The molecule has 1 fully saturated rings. The molecule has 1 N–H and O–H groups in total. The predicted octanol–water partition coefficient (Wildman–Crippen LogP) is 3.84. The molecule has 0 aliphatic carbocycles. The molecule has 0 atom stereocenters. The highest BCUT2D eigenvalue weighted by Gasteiger charge is 2.38. The second kappa shape index (κ2) is 5.86. The van der Waals surface area contributed by atoms with Crippen LogP contribution in [0.5, 0.6) is 5.88 Å². The van der Waals surface area contributed by atoms with E-state index >= 15 is 0 Å². The maximum Gasteiger partial charge on any atom is 0.214 e. The number of piperidine rings is 1. The summed E-state index contributed by atoms with van der Waals surface area (Å²) in [5.74, 6) is 0.612. The first-order valence-electron chi connectivity index (χ1n) is 6.34. The van der Waals surface area contributed by atoms with Crippen molar-refractivity contribution in [2.24, 2.45) is 0 Å². The van der Waals surface area contributed by atoms with Gasteiger partial charge in [0.25, 0.3) is 0 Å². The minimum atomic E-state index is 0. The van der Waals surface area contributed by atoms with Crippen molar-refractivity contribution < 1.29 is 4.74 Å². The van der Waals surface area contributed by atoms with Gasteiger partial charge in [-0.3, -0.25) is 0 Å². The van der Waals surface area contributed by atoms with Gasteiger partial charge in [0.1, 0.15) is 11.3 Å². The lowest BCUT2D eigenvalue weighted by Gasteiger charge is -2.46. The lowest BCUT2D eigenvalue weighted by molar-refractivity contribution is 0.0530. The van der Waals surface area contributed by atoms with Gasteiger partial charge in [0.2, 0.25) is 5.88 Å². The van der Waals surface area contributed by atoms with Crippen LogP contribution in [0.2, 0.25) is 5.15 Å². The minimum absolute atomic E-state index is 0. The van der Waals surface area contributed by atoms with Gasteiger partial charge in [-0.2, -0.15) is 0 Å². The van der Waals surface area contributed by atoms with Gasteiger partial charge in [0, 0.05) is 30.0 Å². The van der Waals surface area contributed by atoms with E-state index in [1.807, 2.05) is 12.1 Å². The van der Waals surface area contributed by atoms with Gasteiger partial charge < -0.3 is 10.1 Å². The highest BCUT2D eigenvalue weighted by molar-refractivity contribution is 6.29. The Balaban J connectivity index is 0.00000180. The third-order valence-electron chi connectivity index (χ3n) is 3.13. The molecule has 2 heterocycles.